The fourth-order valence-electron chi connectivity index (χ4n) is 5.78. The van der Waals surface area contributed by atoms with Gasteiger partial charge in [-0.3, -0.25) is 19.3 Å². The van der Waals surface area contributed by atoms with Crippen molar-refractivity contribution in [1.82, 2.24) is 4.90 Å². The Hall–Kier alpha value is -4.76. The average Bonchev–Trinajstić information content (AvgIpc) is 3.28. The Bertz CT molecular complexity index is 1710. The molecule has 9 heteroatoms. The van der Waals surface area contributed by atoms with Gasteiger partial charge in [0.05, 0.1) is 18.8 Å². The van der Waals surface area contributed by atoms with Gasteiger partial charge in [-0.05, 0) is 53.6 Å². The van der Waals surface area contributed by atoms with Gasteiger partial charge in [0.2, 0.25) is 12.3 Å². The zero-order valence-corrected chi connectivity index (χ0v) is 26.3. The number of hydrogen-bond donors (Lipinski definition) is 2. The average molecular weight is 638 g/mol. The van der Waals surface area contributed by atoms with Crippen molar-refractivity contribution in [2.75, 3.05) is 23.0 Å². The molecule has 0 spiro atoms. The Balaban J connectivity index is 1.35. The molecule has 2 N–H and O–H groups in total. The first-order valence-electron chi connectivity index (χ1n) is 15.1. The zero-order valence-electron chi connectivity index (χ0n) is 25.5. The van der Waals surface area contributed by atoms with Gasteiger partial charge in [-0.25, -0.2) is 0 Å². The van der Waals surface area contributed by atoms with Gasteiger partial charge >= 0.3 is 0 Å². The smallest absolute Gasteiger partial charge is 0.264 e. The highest BCUT2D eigenvalue weighted by Gasteiger charge is 2.52. The quantitative estimate of drug-likeness (QED) is 0.139. The van der Waals surface area contributed by atoms with Gasteiger partial charge in [0.25, 0.3) is 5.91 Å². The Morgan fingerprint density at radius 3 is 2.30 bits per heavy atom. The van der Waals surface area contributed by atoms with E-state index in [2.05, 4.69) is 0 Å². The van der Waals surface area contributed by atoms with Crippen molar-refractivity contribution in [3.05, 3.63) is 137 Å². The Kier molecular flexibility index (Phi) is 10.3. The number of fused-ring (bicyclic) bond motifs is 1. The maximum absolute atomic E-state index is 14.1. The molecule has 0 bridgehead atoms. The van der Waals surface area contributed by atoms with Crippen LogP contribution in [0.4, 0.5) is 17.1 Å². The lowest BCUT2D eigenvalue weighted by molar-refractivity contribution is -0.139. The molecule has 3 amide bonds. The highest BCUT2D eigenvalue weighted by molar-refractivity contribution is 6.31. The summed E-state index contributed by atoms with van der Waals surface area (Å²) in [5.74, 6) is -1.40. The number of nitrogens with zero attached hydrogens (tertiary/aromatic N) is 3. The van der Waals surface area contributed by atoms with E-state index in [0.29, 0.717) is 34.2 Å². The maximum Gasteiger partial charge on any atom is 0.264 e. The summed E-state index contributed by atoms with van der Waals surface area (Å²) >= 11 is 6.35. The predicted molar refractivity (Wildman–Crippen MR) is 179 cm³/mol. The Morgan fingerprint density at radius 2 is 1.61 bits per heavy atom. The van der Waals surface area contributed by atoms with Crippen LogP contribution in [0.2, 0.25) is 5.02 Å². The van der Waals surface area contributed by atoms with E-state index in [0.717, 1.165) is 17.5 Å². The summed E-state index contributed by atoms with van der Waals surface area (Å²) in [6, 6.07) is 31.1. The summed E-state index contributed by atoms with van der Waals surface area (Å²) in [5, 5.41) is 22.0. The molecule has 8 nitrogen and oxygen atoms in total. The van der Waals surface area contributed by atoms with Crippen molar-refractivity contribution in [3.63, 3.8) is 0 Å². The van der Waals surface area contributed by atoms with Crippen LogP contribution in [0.25, 0.3) is 0 Å². The molecule has 5 rings (SSSR count). The Labute approximate surface area is 273 Å². The van der Waals surface area contributed by atoms with Crippen LogP contribution in [0.1, 0.15) is 30.0 Å². The molecule has 0 unspecified atom stereocenters. The van der Waals surface area contributed by atoms with Gasteiger partial charge < -0.3 is 20.0 Å². The number of aliphatic hydroxyl groups is 2. The number of amides is 3. The highest BCUT2D eigenvalue weighted by Crippen LogP contribution is 2.47. The van der Waals surface area contributed by atoms with E-state index in [4.69, 9.17) is 11.6 Å². The molecule has 0 aliphatic carbocycles. The van der Waals surface area contributed by atoms with Crippen molar-refractivity contribution in [2.24, 2.45) is 5.92 Å². The topological polar surface area (TPSA) is 101 Å². The first-order chi connectivity index (χ1) is 22.3. The third kappa shape index (κ3) is 6.89. The number of para-hydroxylation sites is 1. The zero-order chi connectivity index (χ0) is 32.7. The van der Waals surface area contributed by atoms with Gasteiger partial charge in [0, 0.05) is 47.4 Å². The molecule has 0 saturated carbocycles. The summed E-state index contributed by atoms with van der Waals surface area (Å²) in [7, 11) is 0. The number of rotatable bonds is 13. The summed E-state index contributed by atoms with van der Waals surface area (Å²) in [6.45, 7) is 2.27. The van der Waals surface area contributed by atoms with Crippen molar-refractivity contribution in [1.29, 1.82) is 0 Å². The van der Waals surface area contributed by atoms with E-state index in [-0.39, 0.29) is 32.0 Å². The third-order valence-corrected chi connectivity index (χ3v) is 8.45. The summed E-state index contributed by atoms with van der Waals surface area (Å²) in [4.78, 5) is 43.8. The standard InChI is InChI=1S/C37H36ClN3O5/c1-27(10-8-17-35(44)39(20-21-42)24-28-11-4-2-5-12-28)37(46)33-23-30(38)18-19-34(33)40(36(37)45)25-29-13-9-16-32(22-29)41(26-43)31-14-6-3-7-15-31/h2-16,18-19,22-23,26-27,42,46H,17,20-21,24-25H2,1H3/b10-8+/t27-,37+/m0/s1. The van der Waals surface area contributed by atoms with E-state index in [1.165, 1.54) is 9.80 Å². The Morgan fingerprint density at radius 1 is 0.935 bits per heavy atom. The number of aliphatic hydroxyl groups excluding tert-OH is 1. The van der Waals surface area contributed by atoms with Crippen molar-refractivity contribution >= 4 is 46.9 Å². The number of anilines is 3. The second-order valence-electron chi connectivity index (χ2n) is 11.2. The minimum atomic E-state index is -1.93. The highest BCUT2D eigenvalue weighted by atomic mass is 35.5. The summed E-state index contributed by atoms with van der Waals surface area (Å²) < 4.78 is 0. The first-order valence-corrected chi connectivity index (χ1v) is 15.5. The van der Waals surface area contributed by atoms with E-state index < -0.39 is 17.4 Å². The third-order valence-electron chi connectivity index (χ3n) is 8.22. The fraction of sp³-hybridized carbons (Fsp3) is 0.216. The molecule has 236 valence electrons. The van der Waals surface area contributed by atoms with Crippen LogP contribution in [0, 0.1) is 5.92 Å². The molecule has 46 heavy (non-hydrogen) atoms. The van der Waals surface area contributed by atoms with Gasteiger partial charge in [0.15, 0.2) is 5.60 Å². The monoisotopic (exact) mass is 637 g/mol. The van der Waals surface area contributed by atoms with Crippen molar-refractivity contribution < 1.29 is 24.6 Å². The number of benzene rings is 4. The molecule has 4 aromatic carbocycles. The van der Waals surface area contributed by atoms with Crippen LogP contribution in [-0.2, 0) is 33.1 Å². The van der Waals surface area contributed by atoms with Gasteiger partial charge in [-0.15, -0.1) is 0 Å². The molecule has 2 atom stereocenters. The minimum Gasteiger partial charge on any atom is -0.395 e. The molecule has 0 fully saturated rings. The van der Waals surface area contributed by atoms with Gasteiger partial charge in [-0.2, -0.15) is 0 Å². The number of carbonyl (C=O) groups excluding carboxylic acids is 3. The van der Waals surface area contributed by atoms with E-state index in [9.17, 15) is 24.6 Å². The fourth-order valence-corrected chi connectivity index (χ4v) is 5.95. The molecule has 0 radical (unpaired) electrons. The van der Waals surface area contributed by atoms with Crippen LogP contribution in [0.15, 0.2) is 115 Å². The first kappa shape index (κ1) is 32.6. The van der Waals surface area contributed by atoms with Crippen LogP contribution in [-0.4, -0.2) is 46.5 Å². The van der Waals surface area contributed by atoms with Crippen LogP contribution < -0.4 is 9.80 Å². The largest absolute Gasteiger partial charge is 0.395 e. The molecule has 1 aliphatic heterocycles. The number of carbonyl (C=O) groups is 3. The van der Waals surface area contributed by atoms with Gasteiger partial charge in [-0.1, -0.05) is 91.3 Å². The second kappa shape index (κ2) is 14.6. The summed E-state index contributed by atoms with van der Waals surface area (Å²) in [5.41, 5.74) is 2.05. The summed E-state index contributed by atoms with van der Waals surface area (Å²) in [6.07, 6.45) is 4.11. The van der Waals surface area contributed by atoms with Crippen LogP contribution in [0.3, 0.4) is 0 Å². The van der Waals surface area contributed by atoms with E-state index in [1.807, 2.05) is 84.9 Å². The number of hydrogen-bond acceptors (Lipinski definition) is 5. The lowest BCUT2D eigenvalue weighted by Gasteiger charge is -2.28. The molecule has 0 aromatic heterocycles. The van der Waals surface area contributed by atoms with E-state index in [1.54, 1.807) is 42.2 Å². The lowest BCUT2D eigenvalue weighted by atomic mass is 9.83. The van der Waals surface area contributed by atoms with Crippen molar-refractivity contribution in [2.45, 2.75) is 32.0 Å². The minimum absolute atomic E-state index is 0.0367. The molecular weight excluding hydrogens is 602 g/mol. The maximum atomic E-state index is 14.1. The van der Waals surface area contributed by atoms with Gasteiger partial charge in [0.1, 0.15) is 0 Å². The normalized spacial score (nSPS) is 16.3. The molecule has 1 heterocycles. The predicted octanol–water partition coefficient (Wildman–Crippen LogP) is 5.97. The number of halogens is 1. The van der Waals surface area contributed by atoms with E-state index >= 15 is 0 Å². The van der Waals surface area contributed by atoms with Crippen molar-refractivity contribution in [3.8, 4) is 0 Å². The molecule has 4 aromatic rings. The second-order valence-corrected chi connectivity index (χ2v) is 11.7. The molecular formula is C37H36ClN3O5. The molecule has 1 aliphatic rings. The molecule has 0 saturated heterocycles. The van der Waals surface area contributed by atoms with Crippen LogP contribution in [0.5, 0.6) is 0 Å². The lowest BCUT2D eigenvalue weighted by Crippen LogP contribution is -2.44. The SMILES string of the molecule is C[C@@H](/C=C/CC(=O)N(CCO)Cc1ccccc1)[C@]1(O)C(=O)N(Cc2cccc(N(C=O)c3ccccc3)c2)c2ccc(Cl)cc21. The van der Waals surface area contributed by atoms with Crippen LogP contribution >= 0.6 is 11.6 Å².